The smallest absolute Gasteiger partial charge is 0.203 e. The minimum Gasteiger partial charge on any atom is -0.361 e. The average molecular weight is 162 g/mol. The van der Waals surface area contributed by atoms with E-state index in [4.69, 9.17) is 11.6 Å². The molecule has 0 N–H and O–H groups in total. The van der Waals surface area contributed by atoms with E-state index in [2.05, 4.69) is 6.72 Å². The van der Waals surface area contributed by atoms with Crippen LogP contribution in [0.1, 0.15) is 6.92 Å². The predicted molar refractivity (Wildman–Crippen MR) is 45.5 cm³/mol. The molecule has 0 rings (SSSR count). The van der Waals surface area contributed by atoms with E-state index in [1.54, 1.807) is 10.8 Å². The third-order valence-corrected chi connectivity index (χ3v) is 1.55. The first-order valence-corrected chi connectivity index (χ1v) is 3.57. The molecular weight excluding hydrogens is 148 g/mol. The third-order valence-electron chi connectivity index (χ3n) is 1.17. The summed E-state index contributed by atoms with van der Waals surface area (Å²) in [7, 11) is 3.77. The Kier molecular flexibility index (Phi) is 4.12. The lowest BCUT2D eigenvalue weighted by Gasteiger charge is -2.12. The van der Waals surface area contributed by atoms with Gasteiger partial charge in [-0.05, 0) is 6.92 Å². The fourth-order valence-electron chi connectivity index (χ4n) is 0.431. The van der Waals surface area contributed by atoms with Crippen LogP contribution in [0.15, 0.2) is 11.4 Å². The molecule has 0 bridgehead atoms. The number of hydrogen-bond acceptors (Lipinski definition) is 1. The molecular formula is C7H14ClN2+. The molecule has 0 heterocycles. The van der Waals surface area contributed by atoms with Gasteiger partial charge in [-0.25, -0.2) is 4.58 Å². The summed E-state index contributed by atoms with van der Waals surface area (Å²) in [6.45, 7) is 6.59. The van der Waals surface area contributed by atoms with E-state index in [0.29, 0.717) is 5.16 Å². The van der Waals surface area contributed by atoms with Gasteiger partial charge in [-0.3, -0.25) is 0 Å². The fraction of sp³-hybridized carbons (Fsp3) is 0.571. The summed E-state index contributed by atoms with van der Waals surface area (Å²) < 4.78 is 1.68. The second-order valence-corrected chi connectivity index (χ2v) is 2.61. The van der Waals surface area contributed by atoms with Gasteiger partial charge in [0.2, 0.25) is 6.20 Å². The van der Waals surface area contributed by atoms with E-state index in [0.717, 1.165) is 6.54 Å². The zero-order chi connectivity index (χ0) is 8.15. The van der Waals surface area contributed by atoms with Gasteiger partial charge in [-0.15, -0.1) is 0 Å². The zero-order valence-corrected chi connectivity index (χ0v) is 7.52. The van der Waals surface area contributed by atoms with Crippen molar-refractivity contribution in [2.24, 2.45) is 0 Å². The summed E-state index contributed by atoms with van der Waals surface area (Å²) in [5.41, 5.74) is 0. The van der Waals surface area contributed by atoms with Crippen molar-refractivity contribution >= 4 is 18.3 Å². The van der Waals surface area contributed by atoms with Crippen LogP contribution in [0.5, 0.6) is 0 Å². The number of hydrogen-bond donors (Lipinski definition) is 0. The number of nitrogens with zero attached hydrogens (tertiary/aromatic N) is 2. The molecule has 0 amide bonds. The SMILES string of the molecule is C=[N+](C)C=C(Cl)N(C)CC. The van der Waals surface area contributed by atoms with Gasteiger partial charge < -0.3 is 4.90 Å². The van der Waals surface area contributed by atoms with Crippen molar-refractivity contribution in [2.45, 2.75) is 6.92 Å². The molecule has 0 saturated heterocycles. The molecule has 0 unspecified atom stereocenters. The van der Waals surface area contributed by atoms with Crippen LogP contribution in [-0.4, -0.2) is 36.8 Å². The minimum absolute atomic E-state index is 0.708. The first-order valence-electron chi connectivity index (χ1n) is 3.19. The Morgan fingerprint density at radius 3 is 2.60 bits per heavy atom. The van der Waals surface area contributed by atoms with Gasteiger partial charge in [-0.1, -0.05) is 11.6 Å². The second kappa shape index (κ2) is 4.34. The van der Waals surface area contributed by atoms with Crippen molar-refractivity contribution in [1.82, 2.24) is 4.90 Å². The lowest BCUT2D eigenvalue weighted by atomic mass is 10.6. The van der Waals surface area contributed by atoms with Gasteiger partial charge in [-0.2, -0.15) is 0 Å². The molecule has 0 radical (unpaired) electrons. The maximum absolute atomic E-state index is 5.83. The topological polar surface area (TPSA) is 6.25 Å². The van der Waals surface area contributed by atoms with E-state index < -0.39 is 0 Å². The van der Waals surface area contributed by atoms with E-state index in [1.165, 1.54) is 0 Å². The highest BCUT2D eigenvalue weighted by molar-refractivity contribution is 6.29. The Labute approximate surface area is 67.4 Å². The van der Waals surface area contributed by atoms with Crippen LogP contribution < -0.4 is 0 Å². The molecule has 0 fully saturated rings. The zero-order valence-electron chi connectivity index (χ0n) is 6.76. The molecule has 0 spiro atoms. The molecule has 0 aliphatic carbocycles. The third kappa shape index (κ3) is 3.51. The van der Waals surface area contributed by atoms with Crippen molar-refractivity contribution in [1.29, 1.82) is 0 Å². The van der Waals surface area contributed by atoms with E-state index in [-0.39, 0.29) is 0 Å². The molecule has 3 heteroatoms. The molecule has 2 nitrogen and oxygen atoms in total. The normalized spacial score (nSPS) is 11.4. The van der Waals surface area contributed by atoms with E-state index in [9.17, 15) is 0 Å². The van der Waals surface area contributed by atoms with Crippen LogP contribution in [0.2, 0.25) is 0 Å². The first-order chi connectivity index (χ1) is 4.57. The molecule has 0 aromatic heterocycles. The van der Waals surface area contributed by atoms with E-state index >= 15 is 0 Å². The highest BCUT2D eigenvalue weighted by Crippen LogP contribution is 2.04. The Morgan fingerprint density at radius 1 is 1.80 bits per heavy atom. The van der Waals surface area contributed by atoms with Gasteiger partial charge in [0.1, 0.15) is 13.8 Å². The summed E-state index contributed by atoms with van der Waals surface area (Å²) in [5.74, 6) is 0. The lowest BCUT2D eigenvalue weighted by molar-refractivity contribution is -0.413. The summed E-state index contributed by atoms with van der Waals surface area (Å²) in [6.07, 6.45) is 1.77. The predicted octanol–water partition coefficient (Wildman–Crippen LogP) is 1.32. The molecule has 10 heavy (non-hydrogen) atoms. The molecule has 0 saturated carbocycles. The number of rotatable bonds is 3. The molecule has 0 aliphatic heterocycles. The minimum atomic E-state index is 0.708. The Morgan fingerprint density at radius 2 is 2.30 bits per heavy atom. The molecule has 0 aliphatic rings. The van der Waals surface area contributed by atoms with Crippen molar-refractivity contribution < 1.29 is 4.58 Å². The molecule has 0 aromatic rings. The Hall–Kier alpha value is -0.500. The van der Waals surface area contributed by atoms with Gasteiger partial charge in [0, 0.05) is 13.6 Å². The lowest BCUT2D eigenvalue weighted by Crippen LogP contribution is -2.14. The van der Waals surface area contributed by atoms with Crippen molar-refractivity contribution in [3.63, 3.8) is 0 Å². The highest BCUT2D eigenvalue weighted by Gasteiger charge is 1.99. The van der Waals surface area contributed by atoms with Crippen molar-refractivity contribution in [3.8, 4) is 0 Å². The van der Waals surface area contributed by atoms with Crippen LogP contribution in [0.4, 0.5) is 0 Å². The first kappa shape index (κ1) is 9.50. The maximum atomic E-state index is 5.83. The average Bonchev–Trinajstić information content (AvgIpc) is 1.85. The van der Waals surface area contributed by atoms with Crippen LogP contribution in [0.25, 0.3) is 0 Å². The molecule has 0 aromatic carbocycles. The van der Waals surface area contributed by atoms with E-state index in [1.807, 2.05) is 25.9 Å². The highest BCUT2D eigenvalue weighted by atomic mass is 35.5. The largest absolute Gasteiger partial charge is 0.361 e. The van der Waals surface area contributed by atoms with Gasteiger partial charge in [0.15, 0.2) is 5.16 Å². The summed E-state index contributed by atoms with van der Waals surface area (Å²) >= 11 is 5.83. The van der Waals surface area contributed by atoms with Crippen molar-refractivity contribution in [3.05, 3.63) is 11.4 Å². The Balaban J connectivity index is 4.04. The van der Waals surface area contributed by atoms with Gasteiger partial charge >= 0.3 is 0 Å². The fourth-order valence-corrected chi connectivity index (χ4v) is 0.718. The molecule has 58 valence electrons. The maximum Gasteiger partial charge on any atom is 0.203 e. The van der Waals surface area contributed by atoms with Crippen LogP contribution in [-0.2, 0) is 0 Å². The number of halogens is 1. The van der Waals surface area contributed by atoms with Crippen LogP contribution >= 0.6 is 11.6 Å². The van der Waals surface area contributed by atoms with Crippen LogP contribution in [0, 0.1) is 0 Å². The monoisotopic (exact) mass is 161 g/mol. The second-order valence-electron chi connectivity index (χ2n) is 2.22. The summed E-state index contributed by atoms with van der Waals surface area (Å²) in [5, 5.41) is 0.708. The standard InChI is InChI=1S/C7H14ClN2/c1-5-10(4)7(8)6-9(2)3/h6H,2,5H2,1,3-4H3/q+1. The van der Waals surface area contributed by atoms with Gasteiger partial charge in [0.05, 0.1) is 0 Å². The quantitative estimate of drug-likeness (QED) is 0.344. The van der Waals surface area contributed by atoms with Crippen LogP contribution in [0.3, 0.4) is 0 Å². The van der Waals surface area contributed by atoms with Crippen molar-refractivity contribution in [2.75, 3.05) is 20.6 Å². The van der Waals surface area contributed by atoms with Gasteiger partial charge in [0.25, 0.3) is 0 Å². The molecule has 0 atom stereocenters. The summed E-state index contributed by atoms with van der Waals surface area (Å²) in [6, 6.07) is 0. The summed E-state index contributed by atoms with van der Waals surface area (Å²) in [4.78, 5) is 1.93. The Bertz CT molecular complexity index is 152.